The molecule has 0 aliphatic rings. The molecule has 0 aliphatic carbocycles. The second kappa shape index (κ2) is 5.48. The minimum Gasteiger partial charge on any atom is -0.318 e. The minimum absolute atomic E-state index is 0.237. The summed E-state index contributed by atoms with van der Waals surface area (Å²) in [6.07, 6.45) is 1.77. The van der Waals surface area contributed by atoms with E-state index in [1.54, 1.807) is 6.20 Å². The standard InChI is InChI=1S/C15H14N4S/c1-10-12(8-5-9-17-10)14-18-19-15(20-14)13(16)11-6-3-2-4-7-11/h2-9,13H,16H2,1H3. The number of pyridine rings is 1. The van der Waals surface area contributed by atoms with Crippen LogP contribution in [0.15, 0.2) is 48.7 Å². The highest BCUT2D eigenvalue weighted by atomic mass is 32.1. The summed E-state index contributed by atoms with van der Waals surface area (Å²) in [5, 5.41) is 10.1. The summed E-state index contributed by atoms with van der Waals surface area (Å²) < 4.78 is 0. The number of hydrogen-bond donors (Lipinski definition) is 1. The predicted molar refractivity (Wildman–Crippen MR) is 80.3 cm³/mol. The number of aryl methyl sites for hydroxylation is 1. The van der Waals surface area contributed by atoms with Crippen molar-refractivity contribution in [3.05, 3.63) is 64.9 Å². The number of aromatic nitrogens is 3. The van der Waals surface area contributed by atoms with Gasteiger partial charge in [0.05, 0.1) is 6.04 Å². The molecule has 0 amide bonds. The Morgan fingerprint density at radius 3 is 2.60 bits per heavy atom. The molecule has 0 spiro atoms. The molecular formula is C15H14N4S. The lowest BCUT2D eigenvalue weighted by atomic mass is 10.1. The number of nitrogens with zero attached hydrogens (tertiary/aromatic N) is 3. The maximum absolute atomic E-state index is 6.24. The smallest absolute Gasteiger partial charge is 0.149 e. The van der Waals surface area contributed by atoms with E-state index in [4.69, 9.17) is 5.73 Å². The quantitative estimate of drug-likeness (QED) is 0.802. The van der Waals surface area contributed by atoms with Crippen molar-refractivity contribution in [1.29, 1.82) is 0 Å². The molecule has 3 rings (SSSR count). The van der Waals surface area contributed by atoms with Crippen molar-refractivity contribution in [2.24, 2.45) is 5.73 Å². The van der Waals surface area contributed by atoms with Gasteiger partial charge in [-0.05, 0) is 24.6 Å². The lowest BCUT2D eigenvalue weighted by Gasteiger charge is -2.07. The Hall–Kier alpha value is -2.11. The van der Waals surface area contributed by atoms with Crippen molar-refractivity contribution >= 4 is 11.3 Å². The first-order valence-electron chi connectivity index (χ1n) is 6.31. The average molecular weight is 282 g/mol. The van der Waals surface area contributed by atoms with Gasteiger partial charge in [0.15, 0.2) is 0 Å². The highest BCUT2D eigenvalue weighted by molar-refractivity contribution is 7.14. The van der Waals surface area contributed by atoms with E-state index >= 15 is 0 Å². The van der Waals surface area contributed by atoms with Gasteiger partial charge in [0.25, 0.3) is 0 Å². The van der Waals surface area contributed by atoms with E-state index in [1.165, 1.54) is 11.3 Å². The second-order valence-electron chi connectivity index (χ2n) is 4.47. The van der Waals surface area contributed by atoms with Gasteiger partial charge in [0, 0.05) is 17.5 Å². The van der Waals surface area contributed by atoms with E-state index in [1.807, 2.05) is 49.4 Å². The first kappa shape index (κ1) is 12.9. The van der Waals surface area contributed by atoms with E-state index in [0.717, 1.165) is 26.8 Å². The van der Waals surface area contributed by atoms with Crippen LogP contribution < -0.4 is 5.73 Å². The van der Waals surface area contributed by atoms with Crippen molar-refractivity contribution < 1.29 is 0 Å². The Balaban J connectivity index is 1.93. The number of benzene rings is 1. The summed E-state index contributed by atoms with van der Waals surface area (Å²) in [5.41, 5.74) is 9.24. The van der Waals surface area contributed by atoms with Gasteiger partial charge in [-0.25, -0.2) is 0 Å². The van der Waals surface area contributed by atoms with Gasteiger partial charge in [-0.1, -0.05) is 41.7 Å². The topological polar surface area (TPSA) is 64.7 Å². The Bertz CT molecular complexity index is 709. The molecular weight excluding hydrogens is 268 g/mol. The average Bonchev–Trinajstić information content (AvgIpc) is 2.97. The summed E-state index contributed by atoms with van der Waals surface area (Å²) in [6, 6.07) is 13.6. The van der Waals surface area contributed by atoms with Crippen LogP contribution in [0.3, 0.4) is 0 Å². The molecule has 0 saturated heterocycles. The first-order chi connectivity index (χ1) is 9.75. The van der Waals surface area contributed by atoms with Crippen LogP contribution in [-0.2, 0) is 0 Å². The van der Waals surface area contributed by atoms with Crippen molar-refractivity contribution in [3.63, 3.8) is 0 Å². The second-order valence-corrected chi connectivity index (χ2v) is 5.48. The molecule has 100 valence electrons. The Labute approximate surface area is 121 Å². The van der Waals surface area contributed by atoms with Crippen LogP contribution in [0, 0.1) is 6.92 Å². The largest absolute Gasteiger partial charge is 0.318 e. The van der Waals surface area contributed by atoms with E-state index < -0.39 is 0 Å². The molecule has 4 nitrogen and oxygen atoms in total. The molecule has 0 fully saturated rings. The molecule has 0 bridgehead atoms. The van der Waals surface area contributed by atoms with Gasteiger partial charge in [-0.15, -0.1) is 10.2 Å². The van der Waals surface area contributed by atoms with Crippen LogP contribution in [0.2, 0.25) is 0 Å². The monoisotopic (exact) mass is 282 g/mol. The molecule has 20 heavy (non-hydrogen) atoms. The summed E-state index contributed by atoms with van der Waals surface area (Å²) in [7, 11) is 0. The normalized spacial score (nSPS) is 12.3. The van der Waals surface area contributed by atoms with Gasteiger partial charge < -0.3 is 5.73 Å². The van der Waals surface area contributed by atoms with Crippen molar-refractivity contribution in [3.8, 4) is 10.6 Å². The van der Waals surface area contributed by atoms with Gasteiger partial charge in [0.1, 0.15) is 10.0 Å². The number of nitrogens with two attached hydrogens (primary N) is 1. The van der Waals surface area contributed by atoms with Crippen LogP contribution in [0.1, 0.15) is 22.3 Å². The van der Waals surface area contributed by atoms with E-state index in [2.05, 4.69) is 15.2 Å². The third kappa shape index (κ3) is 2.45. The molecule has 2 N–H and O–H groups in total. The fourth-order valence-corrected chi connectivity index (χ4v) is 2.93. The molecule has 0 radical (unpaired) electrons. The molecule has 1 aromatic carbocycles. The van der Waals surface area contributed by atoms with Crippen LogP contribution in [0.4, 0.5) is 0 Å². The molecule has 2 heterocycles. The summed E-state index contributed by atoms with van der Waals surface area (Å²) in [4.78, 5) is 4.28. The van der Waals surface area contributed by atoms with Crippen LogP contribution in [0.25, 0.3) is 10.6 Å². The van der Waals surface area contributed by atoms with E-state index in [-0.39, 0.29) is 6.04 Å². The Kier molecular flexibility index (Phi) is 3.54. The lowest BCUT2D eigenvalue weighted by Crippen LogP contribution is -2.11. The predicted octanol–water partition coefficient (Wildman–Crippen LogP) is 2.96. The SMILES string of the molecule is Cc1ncccc1-c1nnc(C(N)c2ccccc2)s1. The van der Waals surface area contributed by atoms with Crippen molar-refractivity contribution in [1.82, 2.24) is 15.2 Å². The Morgan fingerprint density at radius 1 is 1.05 bits per heavy atom. The number of hydrogen-bond acceptors (Lipinski definition) is 5. The third-order valence-corrected chi connectivity index (χ3v) is 4.14. The molecule has 3 aromatic rings. The van der Waals surface area contributed by atoms with Gasteiger partial charge in [-0.2, -0.15) is 0 Å². The summed E-state index contributed by atoms with van der Waals surface area (Å²) in [5.74, 6) is 0. The van der Waals surface area contributed by atoms with E-state index in [9.17, 15) is 0 Å². The fourth-order valence-electron chi connectivity index (χ4n) is 1.98. The van der Waals surface area contributed by atoms with Crippen LogP contribution >= 0.6 is 11.3 Å². The molecule has 0 saturated carbocycles. The maximum atomic E-state index is 6.24. The zero-order valence-corrected chi connectivity index (χ0v) is 11.8. The molecule has 1 unspecified atom stereocenters. The van der Waals surface area contributed by atoms with Crippen molar-refractivity contribution in [2.45, 2.75) is 13.0 Å². The first-order valence-corrected chi connectivity index (χ1v) is 7.13. The molecule has 0 aliphatic heterocycles. The maximum Gasteiger partial charge on any atom is 0.149 e. The molecule has 2 aromatic heterocycles. The highest BCUT2D eigenvalue weighted by Gasteiger charge is 2.16. The molecule has 1 atom stereocenters. The van der Waals surface area contributed by atoms with Gasteiger partial charge in [-0.3, -0.25) is 4.98 Å². The van der Waals surface area contributed by atoms with E-state index in [0.29, 0.717) is 0 Å². The third-order valence-electron chi connectivity index (χ3n) is 3.10. The zero-order chi connectivity index (χ0) is 13.9. The van der Waals surface area contributed by atoms with Crippen LogP contribution in [0.5, 0.6) is 0 Å². The highest BCUT2D eigenvalue weighted by Crippen LogP contribution is 2.29. The number of rotatable bonds is 3. The van der Waals surface area contributed by atoms with Crippen LogP contribution in [-0.4, -0.2) is 15.2 Å². The molecule has 5 heteroatoms. The zero-order valence-electron chi connectivity index (χ0n) is 11.0. The Morgan fingerprint density at radius 2 is 1.85 bits per heavy atom. The van der Waals surface area contributed by atoms with Gasteiger partial charge in [0.2, 0.25) is 0 Å². The minimum atomic E-state index is -0.237. The lowest BCUT2D eigenvalue weighted by molar-refractivity contribution is 0.831. The van der Waals surface area contributed by atoms with Crippen molar-refractivity contribution in [2.75, 3.05) is 0 Å². The van der Waals surface area contributed by atoms with Gasteiger partial charge >= 0.3 is 0 Å². The summed E-state index contributed by atoms with van der Waals surface area (Å²) in [6.45, 7) is 1.97. The summed E-state index contributed by atoms with van der Waals surface area (Å²) >= 11 is 1.52. The fraction of sp³-hybridized carbons (Fsp3) is 0.133.